The lowest BCUT2D eigenvalue weighted by atomic mass is 10.0. The van der Waals surface area contributed by atoms with Crippen molar-refractivity contribution in [3.8, 4) is 0 Å². The minimum atomic E-state index is 0.486. The number of anilines is 2. The van der Waals surface area contributed by atoms with Gasteiger partial charge < -0.3 is 10.2 Å². The van der Waals surface area contributed by atoms with E-state index in [4.69, 9.17) is 0 Å². The van der Waals surface area contributed by atoms with Crippen LogP contribution in [0.5, 0.6) is 0 Å². The summed E-state index contributed by atoms with van der Waals surface area (Å²) in [6.07, 6.45) is 4.11. The highest BCUT2D eigenvalue weighted by atomic mass is 15.2. The molecule has 0 spiro atoms. The predicted octanol–water partition coefficient (Wildman–Crippen LogP) is 3.24. The minimum absolute atomic E-state index is 0.486. The Kier molecular flexibility index (Phi) is 5.53. The van der Waals surface area contributed by atoms with Crippen LogP contribution in [0.1, 0.15) is 29.5 Å². The van der Waals surface area contributed by atoms with Gasteiger partial charge in [-0.15, -0.1) is 0 Å². The average molecular weight is 339 g/mol. The van der Waals surface area contributed by atoms with Crippen molar-refractivity contribution in [3.05, 3.63) is 47.2 Å². The van der Waals surface area contributed by atoms with Gasteiger partial charge in [-0.25, -0.2) is 4.98 Å². The van der Waals surface area contributed by atoms with E-state index in [1.807, 2.05) is 31.3 Å². The molecule has 134 valence electrons. The fourth-order valence-corrected chi connectivity index (χ4v) is 3.35. The average Bonchev–Trinajstić information content (AvgIpc) is 2.59. The molecule has 3 rings (SSSR count). The quantitative estimate of drug-likeness (QED) is 0.906. The van der Waals surface area contributed by atoms with Gasteiger partial charge in [-0.3, -0.25) is 4.90 Å². The Balaban J connectivity index is 1.52. The topological polar surface area (TPSA) is 44.3 Å². The SMILES string of the molecule is Cc1ccc(CN2CCC(Nc3ccnc(N(C)C)n3)CC2)c(C)c1. The molecule has 0 saturated carbocycles. The summed E-state index contributed by atoms with van der Waals surface area (Å²) < 4.78 is 0. The molecule has 5 nitrogen and oxygen atoms in total. The first-order valence-corrected chi connectivity index (χ1v) is 9.06. The van der Waals surface area contributed by atoms with Crippen molar-refractivity contribution in [1.29, 1.82) is 0 Å². The normalized spacial score (nSPS) is 16.0. The maximum absolute atomic E-state index is 4.56. The van der Waals surface area contributed by atoms with E-state index in [2.05, 4.69) is 52.2 Å². The molecule has 0 aliphatic carbocycles. The number of piperidine rings is 1. The molecule has 1 fully saturated rings. The van der Waals surface area contributed by atoms with Crippen LogP contribution in [0.25, 0.3) is 0 Å². The van der Waals surface area contributed by atoms with Crippen LogP contribution < -0.4 is 10.2 Å². The molecule has 1 aliphatic heterocycles. The molecule has 1 saturated heterocycles. The molecule has 1 N–H and O–H groups in total. The van der Waals surface area contributed by atoms with E-state index >= 15 is 0 Å². The van der Waals surface area contributed by atoms with E-state index in [9.17, 15) is 0 Å². The van der Waals surface area contributed by atoms with Crippen LogP contribution in [0.15, 0.2) is 30.5 Å². The van der Waals surface area contributed by atoms with Crippen LogP contribution in [-0.2, 0) is 6.54 Å². The number of nitrogens with zero attached hydrogens (tertiary/aromatic N) is 4. The second-order valence-corrected chi connectivity index (χ2v) is 7.26. The molecule has 1 aromatic heterocycles. The van der Waals surface area contributed by atoms with E-state index in [1.165, 1.54) is 16.7 Å². The van der Waals surface area contributed by atoms with Gasteiger partial charge in [0, 0.05) is 46.0 Å². The van der Waals surface area contributed by atoms with Crippen molar-refractivity contribution in [2.75, 3.05) is 37.4 Å². The standard InChI is InChI=1S/C20H29N5/c1-15-5-6-17(16(2)13-15)14-25-11-8-18(9-12-25)22-19-7-10-21-20(23-19)24(3)4/h5-7,10,13,18H,8-9,11-12,14H2,1-4H3,(H,21,22,23). The van der Waals surface area contributed by atoms with Crippen molar-refractivity contribution in [2.24, 2.45) is 0 Å². The summed E-state index contributed by atoms with van der Waals surface area (Å²) >= 11 is 0. The first kappa shape index (κ1) is 17.7. The molecule has 5 heteroatoms. The monoisotopic (exact) mass is 339 g/mol. The summed E-state index contributed by atoms with van der Waals surface area (Å²) in [6.45, 7) is 7.67. The fraction of sp³-hybridized carbons (Fsp3) is 0.500. The van der Waals surface area contributed by atoms with Crippen molar-refractivity contribution in [2.45, 2.75) is 39.3 Å². The summed E-state index contributed by atoms with van der Waals surface area (Å²) in [4.78, 5) is 13.3. The van der Waals surface area contributed by atoms with Crippen molar-refractivity contribution < 1.29 is 0 Å². The Morgan fingerprint density at radius 1 is 1.16 bits per heavy atom. The fourth-order valence-electron chi connectivity index (χ4n) is 3.35. The van der Waals surface area contributed by atoms with E-state index in [-0.39, 0.29) is 0 Å². The second kappa shape index (κ2) is 7.83. The Morgan fingerprint density at radius 3 is 2.60 bits per heavy atom. The Morgan fingerprint density at radius 2 is 1.92 bits per heavy atom. The third kappa shape index (κ3) is 4.69. The molecule has 25 heavy (non-hydrogen) atoms. The number of aryl methyl sites for hydroxylation is 2. The minimum Gasteiger partial charge on any atom is -0.367 e. The van der Waals surface area contributed by atoms with Crippen molar-refractivity contribution in [1.82, 2.24) is 14.9 Å². The molecule has 0 bridgehead atoms. The molecular formula is C20H29N5. The highest BCUT2D eigenvalue weighted by Gasteiger charge is 2.20. The molecule has 0 atom stereocenters. The summed E-state index contributed by atoms with van der Waals surface area (Å²) in [5.41, 5.74) is 4.19. The van der Waals surface area contributed by atoms with Crippen molar-refractivity contribution in [3.63, 3.8) is 0 Å². The van der Waals surface area contributed by atoms with Gasteiger partial charge in [-0.05, 0) is 43.9 Å². The van der Waals surface area contributed by atoms with E-state index in [1.54, 1.807) is 0 Å². The van der Waals surface area contributed by atoms with Gasteiger partial charge in [0.2, 0.25) is 5.95 Å². The first-order valence-electron chi connectivity index (χ1n) is 9.06. The van der Waals surface area contributed by atoms with Crippen LogP contribution in [0.3, 0.4) is 0 Å². The van der Waals surface area contributed by atoms with E-state index < -0.39 is 0 Å². The summed E-state index contributed by atoms with van der Waals surface area (Å²) in [5, 5.41) is 3.57. The highest BCUT2D eigenvalue weighted by Crippen LogP contribution is 2.19. The first-order chi connectivity index (χ1) is 12.0. The smallest absolute Gasteiger partial charge is 0.226 e. The summed E-state index contributed by atoms with van der Waals surface area (Å²) in [7, 11) is 3.93. The largest absolute Gasteiger partial charge is 0.367 e. The zero-order valence-corrected chi connectivity index (χ0v) is 15.8. The lowest BCUT2D eigenvalue weighted by Gasteiger charge is -2.33. The third-order valence-electron chi connectivity index (χ3n) is 4.87. The summed E-state index contributed by atoms with van der Waals surface area (Å²) in [6, 6.07) is 9.21. The van der Waals surface area contributed by atoms with Crippen LogP contribution in [0, 0.1) is 13.8 Å². The molecule has 0 unspecified atom stereocenters. The molecule has 2 aromatic rings. The maximum atomic E-state index is 4.56. The van der Waals surface area contributed by atoms with Crippen LogP contribution in [-0.4, -0.2) is 48.1 Å². The van der Waals surface area contributed by atoms with Crippen LogP contribution in [0.2, 0.25) is 0 Å². The molecule has 2 heterocycles. The van der Waals surface area contributed by atoms with Gasteiger partial charge in [0.15, 0.2) is 0 Å². The number of nitrogens with one attached hydrogen (secondary N) is 1. The van der Waals surface area contributed by atoms with Crippen LogP contribution >= 0.6 is 0 Å². The summed E-state index contributed by atoms with van der Waals surface area (Å²) in [5.74, 6) is 1.67. The number of hydrogen-bond donors (Lipinski definition) is 1. The molecule has 0 radical (unpaired) electrons. The van der Waals surface area contributed by atoms with Crippen molar-refractivity contribution >= 4 is 11.8 Å². The van der Waals surface area contributed by atoms with Gasteiger partial charge in [-0.1, -0.05) is 23.8 Å². The van der Waals surface area contributed by atoms with Crippen LogP contribution in [0.4, 0.5) is 11.8 Å². The van der Waals surface area contributed by atoms with Gasteiger partial charge in [0.25, 0.3) is 0 Å². The number of aromatic nitrogens is 2. The van der Waals surface area contributed by atoms with Gasteiger partial charge in [0.1, 0.15) is 5.82 Å². The Labute approximate surface area is 151 Å². The molecular weight excluding hydrogens is 310 g/mol. The Hall–Kier alpha value is -2.14. The molecule has 1 aliphatic rings. The zero-order chi connectivity index (χ0) is 17.8. The van der Waals surface area contributed by atoms with E-state index in [0.717, 1.165) is 44.2 Å². The van der Waals surface area contributed by atoms with Gasteiger partial charge in [0.05, 0.1) is 0 Å². The number of rotatable bonds is 5. The third-order valence-corrected chi connectivity index (χ3v) is 4.87. The van der Waals surface area contributed by atoms with E-state index in [0.29, 0.717) is 6.04 Å². The zero-order valence-electron chi connectivity index (χ0n) is 15.8. The predicted molar refractivity (Wildman–Crippen MR) is 104 cm³/mol. The van der Waals surface area contributed by atoms with Gasteiger partial charge in [-0.2, -0.15) is 4.98 Å². The lowest BCUT2D eigenvalue weighted by molar-refractivity contribution is 0.211. The highest BCUT2D eigenvalue weighted by molar-refractivity contribution is 5.41. The molecule has 0 amide bonds. The number of likely N-dealkylation sites (tertiary alicyclic amines) is 1. The maximum Gasteiger partial charge on any atom is 0.226 e. The Bertz CT molecular complexity index is 705. The number of hydrogen-bond acceptors (Lipinski definition) is 5. The second-order valence-electron chi connectivity index (χ2n) is 7.26. The lowest BCUT2D eigenvalue weighted by Crippen LogP contribution is -2.39. The number of benzene rings is 1. The van der Waals surface area contributed by atoms with Gasteiger partial charge >= 0.3 is 0 Å². The molecule has 1 aromatic carbocycles.